The molecule has 1 saturated heterocycles. The molecular formula is C23H23ClN4O3S2. The number of hydrogen-bond donors (Lipinski definition) is 1. The second-order valence-corrected chi connectivity index (χ2v) is 12.1. The lowest BCUT2D eigenvalue weighted by Crippen LogP contribution is -2.58. The number of carbonyl (C=O) groups excluding carboxylic acids is 1. The summed E-state index contributed by atoms with van der Waals surface area (Å²) in [6.45, 7) is 4.21. The van der Waals surface area contributed by atoms with Gasteiger partial charge in [0.1, 0.15) is 10.3 Å². The molecule has 3 aromatic rings. The molecular weight excluding hydrogens is 480 g/mol. The molecule has 1 aromatic heterocycles. The minimum atomic E-state index is -3.84. The Kier molecular flexibility index (Phi) is 6.38. The lowest BCUT2D eigenvalue weighted by molar-refractivity contribution is -0.139. The van der Waals surface area contributed by atoms with Crippen LogP contribution in [0.15, 0.2) is 46.7 Å². The van der Waals surface area contributed by atoms with Crippen LogP contribution >= 0.6 is 22.9 Å². The Morgan fingerprint density at radius 1 is 1.24 bits per heavy atom. The number of anilines is 1. The zero-order valence-corrected chi connectivity index (χ0v) is 20.5. The number of benzene rings is 2. The molecule has 0 radical (unpaired) electrons. The average Bonchev–Trinajstić information content (AvgIpc) is 3.19. The Hall–Kier alpha value is -2.64. The number of sulfonamides is 1. The minimum absolute atomic E-state index is 0.0314. The monoisotopic (exact) mass is 502 g/mol. The smallest absolute Gasteiger partial charge is 0.253 e. The highest BCUT2D eigenvalue weighted by atomic mass is 35.5. The maximum Gasteiger partial charge on any atom is 0.253 e. The van der Waals surface area contributed by atoms with Crippen LogP contribution in [0.2, 0.25) is 5.02 Å². The molecule has 33 heavy (non-hydrogen) atoms. The summed E-state index contributed by atoms with van der Waals surface area (Å²) in [6, 6.07) is 13.7. The number of thiophene rings is 1. The summed E-state index contributed by atoms with van der Waals surface area (Å²) in [7, 11) is -3.84. The van der Waals surface area contributed by atoms with E-state index in [9.17, 15) is 13.2 Å². The van der Waals surface area contributed by atoms with Crippen molar-refractivity contribution in [3.05, 3.63) is 58.6 Å². The molecule has 0 aliphatic carbocycles. The molecule has 2 N–H and O–H groups in total. The van der Waals surface area contributed by atoms with Crippen molar-refractivity contribution in [1.29, 1.82) is 5.26 Å². The molecule has 1 fully saturated rings. The van der Waals surface area contributed by atoms with E-state index < -0.39 is 10.0 Å². The fourth-order valence-corrected chi connectivity index (χ4v) is 7.24. The van der Waals surface area contributed by atoms with Crippen LogP contribution in [-0.2, 0) is 21.4 Å². The highest BCUT2D eigenvalue weighted by Gasteiger charge is 2.40. The third-order valence-electron chi connectivity index (χ3n) is 5.84. The Balaban J connectivity index is 1.61. The number of rotatable bonds is 5. The van der Waals surface area contributed by atoms with Crippen LogP contribution in [0.4, 0.5) is 5.69 Å². The van der Waals surface area contributed by atoms with Crippen molar-refractivity contribution in [2.24, 2.45) is 5.92 Å². The van der Waals surface area contributed by atoms with Gasteiger partial charge in [-0.3, -0.25) is 4.79 Å². The molecule has 2 heterocycles. The standard InChI is InChI=1S/C23H23ClN4O3S2/c1-14(2)20-12-27(33(30,31)23-8-16-5-6-18(24)9-21(16)32-23)13-22(29)28(20)11-15-3-4-17(10-25)19(26)7-15/h3-9,14,20H,11-13,26H2,1-2H3. The number of nitriles is 1. The normalized spacial score (nSPS) is 17.6. The van der Waals surface area contributed by atoms with Gasteiger partial charge in [-0.1, -0.05) is 37.6 Å². The number of nitrogens with zero attached hydrogens (tertiary/aromatic N) is 3. The van der Waals surface area contributed by atoms with Gasteiger partial charge in [-0.05, 0) is 47.2 Å². The van der Waals surface area contributed by atoms with E-state index in [4.69, 9.17) is 22.6 Å². The highest BCUT2D eigenvalue weighted by Crippen LogP contribution is 2.34. The molecule has 10 heteroatoms. The summed E-state index contributed by atoms with van der Waals surface area (Å²) in [5.74, 6) is -0.237. The van der Waals surface area contributed by atoms with Gasteiger partial charge in [0.25, 0.3) is 10.0 Å². The first kappa shape index (κ1) is 23.5. The Labute approximate surface area is 202 Å². The molecule has 2 aromatic carbocycles. The number of piperazine rings is 1. The number of nitrogens with two attached hydrogens (primary N) is 1. The number of carbonyl (C=O) groups is 1. The van der Waals surface area contributed by atoms with E-state index in [1.165, 1.54) is 4.31 Å². The van der Waals surface area contributed by atoms with Gasteiger partial charge >= 0.3 is 0 Å². The summed E-state index contributed by atoms with van der Waals surface area (Å²) in [5, 5.41) is 10.4. The Morgan fingerprint density at radius 3 is 2.67 bits per heavy atom. The fourth-order valence-electron chi connectivity index (χ4n) is 4.00. The van der Waals surface area contributed by atoms with Gasteiger partial charge in [-0.15, -0.1) is 11.3 Å². The summed E-state index contributed by atoms with van der Waals surface area (Å²) in [4.78, 5) is 14.9. The summed E-state index contributed by atoms with van der Waals surface area (Å²) in [6.07, 6.45) is 0. The number of fused-ring (bicyclic) bond motifs is 1. The predicted octanol–water partition coefficient (Wildman–Crippen LogP) is 4.07. The van der Waals surface area contributed by atoms with E-state index in [0.29, 0.717) is 22.8 Å². The first-order valence-corrected chi connectivity index (χ1v) is 13.0. The number of amides is 1. The first-order valence-electron chi connectivity index (χ1n) is 10.4. The van der Waals surface area contributed by atoms with Gasteiger partial charge in [0.2, 0.25) is 5.91 Å². The fraction of sp³-hybridized carbons (Fsp3) is 0.304. The van der Waals surface area contributed by atoms with Crippen LogP contribution in [0, 0.1) is 17.2 Å². The predicted molar refractivity (Wildman–Crippen MR) is 130 cm³/mol. The van der Waals surface area contributed by atoms with Crippen LogP contribution < -0.4 is 5.73 Å². The van der Waals surface area contributed by atoms with Crippen molar-refractivity contribution in [3.63, 3.8) is 0 Å². The quantitative estimate of drug-likeness (QED) is 0.529. The van der Waals surface area contributed by atoms with Gasteiger partial charge in [-0.25, -0.2) is 8.42 Å². The maximum atomic E-state index is 13.4. The van der Waals surface area contributed by atoms with E-state index in [-0.39, 0.29) is 35.2 Å². The lowest BCUT2D eigenvalue weighted by Gasteiger charge is -2.42. The van der Waals surface area contributed by atoms with Crippen LogP contribution in [0.3, 0.4) is 0 Å². The van der Waals surface area contributed by atoms with Crippen molar-refractivity contribution in [2.75, 3.05) is 18.8 Å². The Bertz CT molecular complexity index is 1380. The largest absolute Gasteiger partial charge is 0.398 e. The molecule has 4 rings (SSSR count). The van der Waals surface area contributed by atoms with Gasteiger partial charge < -0.3 is 10.6 Å². The van der Waals surface area contributed by atoms with Crippen LogP contribution in [0.25, 0.3) is 10.1 Å². The molecule has 1 aliphatic rings. The van der Waals surface area contributed by atoms with E-state index in [1.54, 1.807) is 47.4 Å². The van der Waals surface area contributed by atoms with Gasteiger partial charge in [-0.2, -0.15) is 9.57 Å². The third kappa shape index (κ3) is 4.57. The van der Waals surface area contributed by atoms with Crippen LogP contribution in [-0.4, -0.2) is 42.7 Å². The van der Waals surface area contributed by atoms with Crippen molar-refractivity contribution in [3.8, 4) is 6.07 Å². The molecule has 0 bridgehead atoms. The second kappa shape index (κ2) is 8.95. The molecule has 1 unspecified atom stereocenters. The first-order chi connectivity index (χ1) is 15.6. The van der Waals surface area contributed by atoms with Gasteiger partial charge in [0.05, 0.1) is 12.1 Å². The Morgan fingerprint density at radius 2 is 2.00 bits per heavy atom. The summed E-state index contributed by atoms with van der Waals surface area (Å²) >= 11 is 7.20. The molecule has 0 saturated carbocycles. The van der Waals surface area contributed by atoms with Gasteiger partial charge in [0, 0.05) is 34.5 Å². The SMILES string of the molecule is CC(C)C1CN(S(=O)(=O)c2cc3ccc(Cl)cc3s2)CC(=O)N1Cc1ccc(C#N)c(N)c1. The van der Waals surface area contributed by atoms with E-state index in [2.05, 4.69) is 0 Å². The molecule has 1 atom stereocenters. The lowest BCUT2D eigenvalue weighted by atomic mass is 9.99. The van der Waals surface area contributed by atoms with Crippen LogP contribution in [0.5, 0.6) is 0 Å². The molecule has 0 spiro atoms. The summed E-state index contributed by atoms with van der Waals surface area (Å²) in [5.41, 5.74) is 7.46. The third-order valence-corrected chi connectivity index (χ3v) is 9.43. The minimum Gasteiger partial charge on any atom is -0.398 e. The van der Waals surface area contributed by atoms with E-state index >= 15 is 0 Å². The van der Waals surface area contributed by atoms with Crippen molar-refractivity contribution in [1.82, 2.24) is 9.21 Å². The average molecular weight is 503 g/mol. The molecule has 172 valence electrons. The zero-order chi connectivity index (χ0) is 23.9. The van der Waals surface area contributed by atoms with E-state index in [1.807, 2.05) is 19.9 Å². The number of nitrogen functional groups attached to an aromatic ring is 1. The number of hydrogen-bond acceptors (Lipinski definition) is 6. The van der Waals surface area contributed by atoms with Crippen LogP contribution in [0.1, 0.15) is 25.0 Å². The van der Waals surface area contributed by atoms with Crippen molar-refractivity contribution >= 4 is 54.6 Å². The highest BCUT2D eigenvalue weighted by molar-refractivity contribution is 7.91. The maximum absolute atomic E-state index is 13.4. The molecule has 1 aliphatic heterocycles. The second-order valence-electron chi connectivity index (χ2n) is 8.41. The zero-order valence-electron chi connectivity index (χ0n) is 18.2. The van der Waals surface area contributed by atoms with Crippen molar-refractivity contribution in [2.45, 2.75) is 30.6 Å². The summed E-state index contributed by atoms with van der Waals surface area (Å²) < 4.78 is 29.1. The molecule has 1 amide bonds. The van der Waals surface area contributed by atoms with E-state index in [0.717, 1.165) is 27.0 Å². The number of halogens is 1. The van der Waals surface area contributed by atoms with Gasteiger partial charge in [0.15, 0.2) is 0 Å². The molecule has 7 nitrogen and oxygen atoms in total. The van der Waals surface area contributed by atoms with Crippen molar-refractivity contribution < 1.29 is 13.2 Å². The topological polar surface area (TPSA) is 108 Å².